The molecule has 0 spiro atoms. The van der Waals surface area contributed by atoms with Crippen molar-refractivity contribution in [2.45, 2.75) is 13.0 Å². The molecule has 1 saturated heterocycles. The number of ketones is 1. The predicted octanol–water partition coefficient (Wildman–Crippen LogP) is 3.26. The molecule has 150 valence electrons. The molecule has 1 fully saturated rings. The molecule has 0 aliphatic carbocycles. The fourth-order valence-electron chi connectivity index (χ4n) is 3.39. The molecule has 8 nitrogen and oxygen atoms in total. The minimum Gasteiger partial charge on any atom is -0.507 e. The number of anilines is 2. The molecular weight excluding hydrogens is 386 g/mol. The second-order valence-corrected chi connectivity index (χ2v) is 6.65. The lowest BCUT2D eigenvalue weighted by atomic mass is 9.99. The van der Waals surface area contributed by atoms with Gasteiger partial charge in [-0.15, -0.1) is 0 Å². The highest BCUT2D eigenvalue weighted by atomic mass is 16.3. The van der Waals surface area contributed by atoms with Crippen molar-refractivity contribution >= 4 is 34.7 Å². The number of carbonyl (C=O) groups is 3. The van der Waals surface area contributed by atoms with Crippen LogP contribution in [0.2, 0.25) is 0 Å². The van der Waals surface area contributed by atoms with Gasteiger partial charge in [-0.1, -0.05) is 0 Å². The second kappa shape index (κ2) is 7.67. The van der Waals surface area contributed by atoms with Gasteiger partial charge < -0.3 is 14.8 Å². The lowest BCUT2D eigenvalue weighted by molar-refractivity contribution is -0.132. The second-order valence-electron chi connectivity index (χ2n) is 6.65. The summed E-state index contributed by atoms with van der Waals surface area (Å²) in [5.74, 6) is -1.82. The first-order chi connectivity index (χ1) is 14.5. The molecular formula is C22H17N3O5. The molecule has 4 rings (SSSR count). The standard InChI is InChI=1S/C22H17N3O5/c1-13(26)24-15-4-6-16(7-5-15)25-19(17-3-2-12-30-17)18(21(28)22(25)29)20(27)14-8-10-23-11-9-14/h2-12,19,27H,1H3,(H,24,26)/b20-18-. The van der Waals surface area contributed by atoms with Crippen LogP contribution in [0.3, 0.4) is 0 Å². The Labute approximate surface area is 171 Å². The molecule has 1 aromatic carbocycles. The first-order valence-corrected chi connectivity index (χ1v) is 9.10. The fourth-order valence-corrected chi connectivity index (χ4v) is 3.39. The first-order valence-electron chi connectivity index (χ1n) is 9.10. The van der Waals surface area contributed by atoms with Gasteiger partial charge in [0, 0.05) is 36.3 Å². The third kappa shape index (κ3) is 3.35. The smallest absolute Gasteiger partial charge is 0.300 e. The maximum absolute atomic E-state index is 12.9. The van der Waals surface area contributed by atoms with Gasteiger partial charge in [-0.25, -0.2) is 0 Å². The van der Waals surface area contributed by atoms with Crippen molar-refractivity contribution in [1.82, 2.24) is 4.98 Å². The molecule has 2 N–H and O–H groups in total. The number of benzene rings is 1. The number of amides is 2. The summed E-state index contributed by atoms with van der Waals surface area (Å²) in [5.41, 5.74) is 1.25. The van der Waals surface area contributed by atoms with Gasteiger partial charge in [-0.3, -0.25) is 24.3 Å². The maximum atomic E-state index is 12.9. The van der Waals surface area contributed by atoms with Crippen molar-refractivity contribution in [1.29, 1.82) is 0 Å². The number of furan rings is 1. The van der Waals surface area contributed by atoms with Crippen molar-refractivity contribution in [3.8, 4) is 0 Å². The zero-order chi connectivity index (χ0) is 21.3. The Morgan fingerprint density at radius 3 is 2.40 bits per heavy atom. The van der Waals surface area contributed by atoms with Crippen molar-refractivity contribution in [2.75, 3.05) is 10.2 Å². The number of aliphatic hydroxyl groups excluding tert-OH is 1. The van der Waals surface area contributed by atoms with E-state index >= 15 is 0 Å². The average molecular weight is 403 g/mol. The molecule has 3 aromatic rings. The van der Waals surface area contributed by atoms with Crippen LogP contribution in [0.25, 0.3) is 5.76 Å². The zero-order valence-corrected chi connectivity index (χ0v) is 15.9. The average Bonchev–Trinajstić information content (AvgIpc) is 3.36. The lowest BCUT2D eigenvalue weighted by Crippen LogP contribution is -2.29. The molecule has 8 heteroatoms. The monoisotopic (exact) mass is 403 g/mol. The van der Waals surface area contributed by atoms with Crippen LogP contribution in [0, 0.1) is 0 Å². The summed E-state index contributed by atoms with van der Waals surface area (Å²) in [4.78, 5) is 42.2. The van der Waals surface area contributed by atoms with E-state index in [0.29, 0.717) is 22.7 Å². The molecule has 2 aromatic heterocycles. The Bertz CT molecular complexity index is 1140. The van der Waals surface area contributed by atoms with E-state index in [4.69, 9.17) is 4.42 Å². The van der Waals surface area contributed by atoms with Gasteiger partial charge >= 0.3 is 0 Å². The lowest BCUT2D eigenvalue weighted by Gasteiger charge is -2.23. The summed E-state index contributed by atoms with van der Waals surface area (Å²) in [6, 6.07) is 11.9. The number of aliphatic hydroxyl groups is 1. The van der Waals surface area contributed by atoms with Gasteiger partial charge in [-0.05, 0) is 48.5 Å². The van der Waals surface area contributed by atoms with E-state index in [1.807, 2.05) is 0 Å². The highest BCUT2D eigenvalue weighted by Crippen LogP contribution is 2.42. The number of aromatic nitrogens is 1. The van der Waals surface area contributed by atoms with E-state index < -0.39 is 17.7 Å². The van der Waals surface area contributed by atoms with E-state index in [-0.39, 0.29) is 17.2 Å². The summed E-state index contributed by atoms with van der Waals surface area (Å²) in [6.07, 6.45) is 4.39. The number of carbonyl (C=O) groups excluding carboxylic acids is 3. The number of hydrogen-bond acceptors (Lipinski definition) is 6. The summed E-state index contributed by atoms with van der Waals surface area (Å²) in [7, 11) is 0. The van der Waals surface area contributed by atoms with E-state index in [1.54, 1.807) is 48.5 Å². The molecule has 0 bridgehead atoms. The van der Waals surface area contributed by atoms with Gasteiger partial charge in [0.1, 0.15) is 17.6 Å². The largest absolute Gasteiger partial charge is 0.507 e. The Morgan fingerprint density at radius 1 is 1.10 bits per heavy atom. The van der Waals surface area contributed by atoms with Gasteiger partial charge in [0.25, 0.3) is 11.7 Å². The quantitative estimate of drug-likeness (QED) is 0.393. The van der Waals surface area contributed by atoms with Crippen molar-refractivity contribution < 1.29 is 23.9 Å². The van der Waals surface area contributed by atoms with E-state index in [9.17, 15) is 19.5 Å². The van der Waals surface area contributed by atoms with Crippen LogP contribution >= 0.6 is 0 Å². The van der Waals surface area contributed by atoms with Crippen LogP contribution < -0.4 is 10.2 Å². The number of hydrogen-bond donors (Lipinski definition) is 2. The van der Waals surface area contributed by atoms with E-state index in [2.05, 4.69) is 10.3 Å². The zero-order valence-electron chi connectivity index (χ0n) is 15.9. The van der Waals surface area contributed by atoms with Crippen molar-refractivity contribution in [2.24, 2.45) is 0 Å². The molecule has 1 aliphatic heterocycles. The fraction of sp³-hybridized carbons (Fsp3) is 0.0909. The number of nitrogens with zero attached hydrogens (tertiary/aromatic N) is 2. The molecule has 30 heavy (non-hydrogen) atoms. The van der Waals surface area contributed by atoms with Crippen LogP contribution in [0.4, 0.5) is 11.4 Å². The van der Waals surface area contributed by atoms with Crippen LogP contribution in [-0.4, -0.2) is 27.7 Å². The van der Waals surface area contributed by atoms with E-state index in [1.165, 1.54) is 30.5 Å². The summed E-state index contributed by atoms with van der Waals surface area (Å²) in [5, 5.41) is 13.5. The Hall–Kier alpha value is -4.20. The van der Waals surface area contributed by atoms with Crippen LogP contribution in [0.1, 0.15) is 24.3 Å². The molecule has 0 saturated carbocycles. The summed E-state index contributed by atoms with van der Waals surface area (Å²) >= 11 is 0. The number of pyridine rings is 1. The molecule has 0 radical (unpaired) electrons. The summed E-state index contributed by atoms with van der Waals surface area (Å²) < 4.78 is 5.50. The molecule has 1 unspecified atom stereocenters. The third-order valence-electron chi connectivity index (χ3n) is 4.68. The number of nitrogens with one attached hydrogen (secondary N) is 1. The minimum atomic E-state index is -0.945. The molecule has 1 aliphatic rings. The van der Waals surface area contributed by atoms with Gasteiger partial charge in [0.15, 0.2) is 0 Å². The number of Topliss-reactive ketones (excluding diaryl/α,β-unsaturated/α-hetero) is 1. The molecule has 3 heterocycles. The molecule has 2 amide bonds. The van der Waals surface area contributed by atoms with Gasteiger partial charge in [-0.2, -0.15) is 0 Å². The van der Waals surface area contributed by atoms with Crippen molar-refractivity contribution in [3.63, 3.8) is 0 Å². The van der Waals surface area contributed by atoms with Crippen molar-refractivity contribution in [3.05, 3.63) is 84.1 Å². The maximum Gasteiger partial charge on any atom is 0.300 e. The van der Waals surface area contributed by atoms with E-state index in [0.717, 1.165) is 0 Å². The van der Waals surface area contributed by atoms with Crippen LogP contribution in [0.15, 0.2) is 77.2 Å². The predicted molar refractivity (Wildman–Crippen MR) is 108 cm³/mol. The summed E-state index contributed by atoms with van der Waals surface area (Å²) in [6.45, 7) is 1.39. The Kier molecular flexibility index (Phi) is 4.89. The topological polar surface area (TPSA) is 113 Å². The first kappa shape index (κ1) is 19.1. The highest BCUT2D eigenvalue weighted by molar-refractivity contribution is 6.51. The van der Waals surface area contributed by atoms with Crippen LogP contribution in [-0.2, 0) is 14.4 Å². The Morgan fingerprint density at radius 2 is 1.80 bits per heavy atom. The minimum absolute atomic E-state index is 0.0768. The highest BCUT2D eigenvalue weighted by Gasteiger charge is 2.48. The number of rotatable bonds is 4. The Balaban J connectivity index is 1.83. The van der Waals surface area contributed by atoms with Gasteiger partial charge in [0.05, 0.1) is 11.8 Å². The normalized spacial score (nSPS) is 17.9. The van der Waals surface area contributed by atoms with Crippen LogP contribution in [0.5, 0.6) is 0 Å². The molecule has 1 atom stereocenters. The van der Waals surface area contributed by atoms with Gasteiger partial charge in [0.2, 0.25) is 5.91 Å². The third-order valence-corrected chi connectivity index (χ3v) is 4.68. The SMILES string of the molecule is CC(=O)Nc1ccc(N2C(=O)C(=O)/C(=C(\O)c3ccncc3)C2c2ccco2)cc1.